The third-order valence-electron chi connectivity index (χ3n) is 6.08. The Morgan fingerprint density at radius 3 is 2.45 bits per heavy atom. The Morgan fingerprint density at radius 2 is 1.74 bits per heavy atom. The van der Waals surface area contributed by atoms with Crippen molar-refractivity contribution in [3.05, 3.63) is 75.3 Å². The summed E-state index contributed by atoms with van der Waals surface area (Å²) >= 11 is 0. The molecule has 4 aromatic rings. The Labute approximate surface area is 210 Å². The molecule has 1 atom stereocenters. The highest BCUT2D eigenvalue weighted by molar-refractivity contribution is 5.89. The van der Waals surface area contributed by atoms with Crippen molar-refractivity contribution in [1.29, 1.82) is 0 Å². The first-order chi connectivity index (χ1) is 17.9. The van der Waals surface area contributed by atoms with Gasteiger partial charge in [-0.1, -0.05) is 0 Å². The number of benzene rings is 1. The molecule has 1 fully saturated rings. The highest BCUT2D eigenvalue weighted by Crippen LogP contribution is 2.33. The van der Waals surface area contributed by atoms with Crippen LogP contribution < -0.4 is 10.5 Å². The smallest absolute Gasteiger partial charge is 0.370 e. The van der Waals surface area contributed by atoms with Crippen molar-refractivity contribution in [3.8, 4) is 11.3 Å². The Morgan fingerprint density at radius 1 is 1.00 bits per heavy atom. The molecule has 0 unspecified atom stereocenters. The number of hydrogen-bond acceptors (Lipinski definition) is 7. The van der Waals surface area contributed by atoms with Crippen molar-refractivity contribution < 1.29 is 31.1 Å². The van der Waals surface area contributed by atoms with E-state index in [2.05, 4.69) is 19.9 Å². The van der Waals surface area contributed by atoms with Gasteiger partial charge in [-0.05, 0) is 30.7 Å². The van der Waals surface area contributed by atoms with E-state index < -0.39 is 63.4 Å². The summed E-state index contributed by atoms with van der Waals surface area (Å²) in [5.41, 5.74) is -2.16. The lowest BCUT2D eigenvalue weighted by molar-refractivity contribution is -0.147. The van der Waals surface area contributed by atoms with Crippen LogP contribution in [0.1, 0.15) is 23.2 Å². The van der Waals surface area contributed by atoms with Crippen molar-refractivity contribution >= 4 is 17.0 Å². The molecular weight excluding hydrogens is 518 g/mol. The predicted octanol–water partition coefficient (Wildman–Crippen LogP) is 4.11. The average Bonchev–Trinajstić information content (AvgIpc) is 2.87. The van der Waals surface area contributed by atoms with Crippen LogP contribution in [0.25, 0.3) is 22.3 Å². The standard InChI is InChI=1S/C24H18F6N6O2/c1-11-7-12(3-4-31-11)17-10-36(5-6-38-17)23-33-18(13-8-15(26)16(27)9-14(13)25)19-20(34-23)21(37)35(2)22(32-19)24(28,29)30/h3-4,7-9,17H,5-6,10H2,1-2H3/t17-/m1/s1. The number of morpholine rings is 1. The minimum absolute atomic E-state index is 0.144. The second-order valence-corrected chi connectivity index (χ2v) is 8.65. The second kappa shape index (κ2) is 9.35. The predicted molar refractivity (Wildman–Crippen MR) is 123 cm³/mol. The molecule has 0 saturated carbocycles. The van der Waals surface area contributed by atoms with Gasteiger partial charge in [-0.25, -0.2) is 28.1 Å². The number of anilines is 1. The van der Waals surface area contributed by atoms with Crippen LogP contribution in [0, 0.1) is 24.4 Å². The lowest BCUT2D eigenvalue weighted by Gasteiger charge is -2.33. The molecule has 0 spiro atoms. The van der Waals surface area contributed by atoms with Crippen molar-refractivity contribution in [2.24, 2.45) is 7.05 Å². The quantitative estimate of drug-likeness (QED) is 0.288. The van der Waals surface area contributed by atoms with Crippen LogP contribution in [-0.4, -0.2) is 44.2 Å². The summed E-state index contributed by atoms with van der Waals surface area (Å²) in [7, 11) is 0.869. The van der Waals surface area contributed by atoms with Crippen molar-refractivity contribution in [3.63, 3.8) is 0 Å². The number of alkyl halides is 3. The molecule has 1 aliphatic heterocycles. The van der Waals surface area contributed by atoms with Gasteiger partial charge in [0.25, 0.3) is 5.56 Å². The molecule has 3 aromatic heterocycles. The van der Waals surface area contributed by atoms with E-state index >= 15 is 0 Å². The fourth-order valence-electron chi connectivity index (χ4n) is 4.22. The van der Waals surface area contributed by atoms with E-state index in [1.807, 2.05) is 6.07 Å². The van der Waals surface area contributed by atoms with E-state index in [9.17, 15) is 31.1 Å². The molecule has 4 heterocycles. The molecule has 0 bridgehead atoms. The monoisotopic (exact) mass is 536 g/mol. The first kappa shape index (κ1) is 25.6. The summed E-state index contributed by atoms with van der Waals surface area (Å²) < 4.78 is 89.5. The number of ether oxygens (including phenoxy) is 1. The topological polar surface area (TPSA) is 86.0 Å². The normalized spacial score (nSPS) is 16.3. The summed E-state index contributed by atoms with van der Waals surface area (Å²) in [5.74, 6) is -6.01. The van der Waals surface area contributed by atoms with E-state index in [4.69, 9.17) is 4.74 Å². The summed E-state index contributed by atoms with van der Waals surface area (Å²) in [4.78, 5) is 30.6. The van der Waals surface area contributed by atoms with E-state index in [-0.39, 0.29) is 36.3 Å². The zero-order valence-corrected chi connectivity index (χ0v) is 19.9. The summed E-state index contributed by atoms with van der Waals surface area (Å²) in [6.07, 6.45) is -3.91. The maximum Gasteiger partial charge on any atom is 0.449 e. The zero-order valence-electron chi connectivity index (χ0n) is 19.9. The molecule has 198 valence electrons. The molecular formula is C24H18F6N6O2. The van der Waals surface area contributed by atoms with Gasteiger partial charge in [0.05, 0.1) is 13.2 Å². The number of aromatic nitrogens is 5. The molecule has 1 aromatic carbocycles. The van der Waals surface area contributed by atoms with Gasteiger partial charge in [-0.15, -0.1) is 0 Å². The molecule has 0 N–H and O–H groups in total. The number of halogens is 6. The first-order valence-corrected chi connectivity index (χ1v) is 11.2. The number of fused-ring (bicyclic) bond motifs is 1. The highest BCUT2D eigenvalue weighted by Gasteiger charge is 2.37. The van der Waals surface area contributed by atoms with E-state index in [0.29, 0.717) is 6.07 Å². The van der Waals surface area contributed by atoms with Crippen LogP contribution >= 0.6 is 0 Å². The minimum Gasteiger partial charge on any atom is -0.370 e. The molecule has 1 aliphatic rings. The van der Waals surface area contributed by atoms with Crippen LogP contribution in [-0.2, 0) is 18.0 Å². The Balaban J connectivity index is 1.72. The number of rotatable bonds is 3. The second-order valence-electron chi connectivity index (χ2n) is 8.65. The number of aryl methyl sites for hydroxylation is 1. The van der Waals surface area contributed by atoms with Gasteiger partial charge in [0.1, 0.15) is 23.1 Å². The van der Waals surface area contributed by atoms with Crippen LogP contribution in [0.15, 0.2) is 35.3 Å². The van der Waals surface area contributed by atoms with Crippen molar-refractivity contribution in [1.82, 2.24) is 24.5 Å². The van der Waals surface area contributed by atoms with Crippen molar-refractivity contribution in [2.75, 3.05) is 24.6 Å². The fourth-order valence-corrected chi connectivity index (χ4v) is 4.22. The third kappa shape index (κ3) is 4.55. The van der Waals surface area contributed by atoms with Crippen LogP contribution in [0.4, 0.5) is 32.3 Å². The zero-order chi connectivity index (χ0) is 27.4. The Kier molecular flexibility index (Phi) is 6.29. The van der Waals surface area contributed by atoms with Crippen molar-refractivity contribution in [2.45, 2.75) is 19.2 Å². The Hall–Kier alpha value is -4.07. The summed E-state index contributed by atoms with van der Waals surface area (Å²) in [6, 6.07) is 4.25. The van der Waals surface area contributed by atoms with E-state index in [0.717, 1.165) is 18.3 Å². The highest BCUT2D eigenvalue weighted by atomic mass is 19.4. The van der Waals surface area contributed by atoms with Gasteiger partial charge in [-0.3, -0.25) is 14.3 Å². The lowest BCUT2D eigenvalue weighted by Crippen LogP contribution is -2.40. The van der Waals surface area contributed by atoms with Crippen LogP contribution in [0.2, 0.25) is 0 Å². The van der Waals surface area contributed by atoms with Crippen LogP contribution in [0.5, 0.6) is 0 Å². The SMILES string of the molecule is Cc1cc([C@H]2CN(c3nc(-c4cc(F)c(F)cc4F)c4nc(C(F)(F)F)n(C)c(=O)c4n3)CCO2)ccn1. The van der Waals surface area contributed by atoms with Gasteiger partial charge in [0, 0.05) is 37.1 Å². The molecule has 14 heteroatoms. The van der Waals surface area contributed by atoms with Gasteiger partial charge in [0.15, 0.2) is 17.2 Å². The number of nitrogens with zero attached hydrogens (tertiary/aromatic N) is 6. The van der Waals surface area contributed by atoms with Gasteiger partial charge in [0.2, 0.25) is 11.8 Å². The largest absolute Gasteiger partial charge is 0.449 e. The van der Waals surface area contributed by atoms with Crippen LogP contribution in [0.3, 0.4) is 0 Å². The van der Waals surface area contributed by atoms with E-state index in [1.165, 1.54) is 0 Å². The molecule has 5 rings (SSSR count). The first-order valence-electron chi connectivity index (χ1n) is 11.2. The molecule has 38 heavy (non-hydrogen) atoms. The number of hydrogen-bond donors (Lipinski definition) is 0. The average molecular weight is 536 g/mol. The third-order valence-corrected chi connectivity index (χ3v) is 6.08. The number of pyridine rings is 1. The Bertz CT molecular complexity index is 1620. The van der Waals surface area contributed by atoms with Gasteiger partial charge in [-0.2, -0.15) is 13.2 Å². The lowest BCUT2D eigenvalue weighted by atomic mass is 10.1. The molecule has 0 radical (unpaired) electrons. The van der Waals surface area contributed by atoms with Gasteiger partial charge >= 0.3 is 6.18 Å². The fraction of sp³-hybridized carbons (Fsp3) is 0.292. The molecule has 8 nitrogen and oxygen atoms in total. The summed E-state index contributed by atoms with van der Waals surface area (Å²) in [6.45, 7) is 2.39. The van der Waals surface area contributed by atoms with E-state index in [1.54, 1.807) is 24.1 Å². The molecule has 1 saturated heterocycles. The van der Waals surface area contributed by atoms with Gasteiger partial charge < -0.3 is 9.64 Å². The maximum atomic E-state index is 14.8. The minimum atomic E-state index is -5.05. The molecule has 0 amide bonds. The summed E-state index contributed by atoms with van der Waals surface area (Å²) in [5, 5.41) is 0. The maximum absolute atomic E-state index is 14.8. The molecule has 0 aliphatic carbocycles.